The maximum atomic E-state index is 12.0. The summed E-state index contributed by atoms with van der Waals surface area (Å²) in [6, 6.07) is 5.22. The molecule has 0 saturated heterocycles. The average Bonchev–Trinajstić information content (AvgIpc) is 3.08. The fourth-order valence-corrected chi connectivity index (χ4v) is 3.18. The number of nitrogens with one attached hydrogen (secondary N) is 1. The molecule has 0 radical (unpaired) electrons. The minimum absolute atomic E-state index is 0.108. The molecule has 1 heterocycles. The Morgan fingerprint density at radius 1 is 1.31 bits per heavy atom. The summed E-state index contributed by atoms with van der Waals surface area (Å²) in [6.07, 6.45) is 1.99. The normalized spacial score (nSPS) is 14.0. The van der Waals surface area contributed by atoms with Crippen LogP contribution in [0.5, 0.6) is 5.75 Å². The quantitative estimate of drug-likeness (QED) is 0.576. The lowest BCUT2D eigenvalue weighted by Crippen LogP contribution is -2.37. The van der Waals surface area contributed by atoms with Crippen molar-refractivity contribution < 1.29 is 23.8 Å². The predicted molar refractivity (Wildman–Crippen MR) is 91.8 cm³/mol. The molecule has 0 fully saturated rings. The number of amides is 1. The van der Waals surface area contributed by atoms with Crippen LogP contribution in [0.4, 0.5) is 0 Å². The van der Waals surface area contributed by atoms with Gasteiger partial charge >= 0.3 is 5.63 Å². The Balaban J connectivity index is 1.67. The Labute approximate surface area is 150 Å². The van der Waals surface area contributed by atoms with Crippen LogP contribution < -0.4 is 20.8 Å². The van der Waals surface area contributed by atoms with Gasteiger partial charge in [0.25, 0.3) is 5.91 Å². The van der Waals surface area contributed by atoms with Crippen LogP contribution >= 0.6 is 0 Å². The van der Waals surface area contributed by atoms with Crippen molar-refractivity contribution in [2.24, 2.45) is 0 Å². The lowest BCUT2D eigenvalue weighted by atomic mass is 10.1. The highest BCUT2D eigenvalue weighted by atomic mass is 16.5. The zero-order chi connectivity index (χ0) is 18.7. The Kier molecular flexibility index (Phi) is 5.25. The van der Waals surface area contributed by atoms with Gasteiger partial charge in [-0.1, -0.05) is 0 Å². The number of carbonyl (C=O) groups excluding carboxylic acids is 2. The molecule has 0 unspecified atom stereocenters. The van der Waals surface area contributed by atoms with Gasteiger partial charge in [-0.05, 0) is 56.7 Å². The van der Waals surface area contributed by atoms with E-state index >= 15 is 0 Å². The Bertz CT molecular complexity index is 901. The monoisotopic (exact) mass is 358 g/mol. The summed E-state index contributed by atoms with van der Waals surface area (Å²) in [5.74, 6) is -1.07. The standard InChI is InChI=1S/C19H21NO6/c1-11(18(23)20-9-3-6-17(21)22)25-12-7-8-14-13-4-2-5-15(13)19(24)26-16(14)10-12/h7-8,10-11H,2-6,9H2,1H3,(H,20,23)(H,21,22)/p-1/t11-/m0/s1. The van der Waals surface area contributed by atoms with Crippen LogP contribution in [-0.4, -0.2) is 24.5 Å². The topological polar surface area (TPSA) is 109 Å². The smallest absolute Gasteiger partial charge is 0.339 e. The van der Waals surface area contributed by atoms with E-state index in [0.29, 0.717) is 17.8 Å². The zero-order valence-corrected chi connectivity index (χ0v) is 14.5. The zero-order valence-electron chi connectivity index (χ0n) is 14.5. The van der Waals surface area contributed by atoms with E-state index in [1.807, 2.05) is 6.07 Å². The van der Waals surface area contributed by atoms with Gasteiger partial charge in [-0.3, -0.25) is 4.79 Å². The number of aliphatic carboxylic acids is 1. The van der Waals surface area contributed by atoms with Crippen LogP contribution in [0.2, 0.25) is 0 Å². The van der Waals surface area contributed by atoms with Gasteiger partial charge in [0.2, 0.25) is 0 Å². The van der Waals surface area contributed by atoms with Crippen molar-refractivity contribution in [3.8, 4) is 5.75 Å². The number of carbonyl (C=O) groups is 2. The molecule has 0 bridgehead atoms. The fourth-order valence-electron chi connectivity index (χ4n) is 3.18. The van der Waals surface area contributed by atoms with E-state index in [0.717, 1.165) is 35.8 Å². The summed E-state index contributed by atoms with van der Waals surface area (Å²) >= 11 is 0. The first-order valence-corrected chi connectivity index (χ1v) is 8.68. The second-order valence-electron chi connectivity index (χ2n) is 6.38. The lowest BCUT2D eigenvalue weighted by molar-refractivity contribution is -0.305. The highest BCUT2D eigenvalue weighted by molar-refractivity contribution is 5.84. The molecule has 0 saturated carbocycles. The summed E-state index contributed by atoms with van der Waals surface area (Å²) in [4.78, 5) is 34.4. The molecule has 0 aliphatic heterocycles. The number of carboxylic acids is 1. The van der Waals surface area contributed by atoms with Crippen LogP contribution in [0.25, 0.3) is 11.0 Å². The second-order valence-corrected chi connectivity index (χ2v) is 6.38. The van der Waals surface area contributed by atoms with Crippen LogP contribution in [0, 0.1) is 0 Å². The third-order valence-electron chi connectivity index (χ3n) is 4.48. The molecule has 1 aliphatic carbocycles. The van der Waals surface area contributed by atoms with Crippen molar-refractivity contribution in [3.63, 3.8) is 0 Å². The molecule has 2 aromatic rings. The van der Waals surface area contributed by atoms with Crippen LogP contribution in [0.3, 0.4) is 0 Å². The van der Waals surface area contributed by atoms with Crippen molar-refractivity contribution >= 4 is 22.8 Å². The lowest BCUT2D eigenvalue weighted by Gasteiger charge is -2.15. The van der Waals surface area contributed by atoms with E-state index in [1.165, 1.54) is 0 Å². The van der Waals surface area contributed by atoms with Gasteiger partial charge in [0, 0.05) is 29.5 Å². The SMILES string of the molecule is C[C@H](Oc1ccc2c3c(c(=O)oc2c1)CCC3)C(=O)NCCCC(=O)[O-]. The molecule has 1 N–H and O–H groups in total. The molecule has 3 rings (SSSR count). The van der Waals surface area contributed by atoms with Crippen LogP contribution in [0.15, 0.2) is 27.4 Å². The summed E-state index contributed by atoms with van der Waals surface area (Å²) in [5.41, 5.74) is 1.95. The van der Waals surface area contributed by atoms with Crippen molar-refractivity contribution in [3.05, 3.63) is 39.7 Å². The second kappa shape index (κ2) is 7.59. The molecule has 1 amide bonds. The summed E-state index contributed by atoms with van der Waals surface area (Å²) in [5, 5.41) is 13.9. The molecular formula is C19H20NO6-. The maximum Gasteiger partial charge on any atom is 0.339 e. The van der Waals surface area contributed by atoms with Crippen molar-refractivity contribution in [2.45, 2.75) is 45.1 Å². The van der Waals surface area contributed by atoms with E-state index in [-0.39, 0.29) is 24.5 Å². The van der Waals surface area contributed by atoms with Gasteiger partial charge in [0.15, 0.2) is 6.10 Å². The first kappa shape index (κ1) is 18.0. The van der Waals surface area contributed by atoms with E-state index in [4.69, 9.17) is 9.15 Å². The molecule has 7 nitrogen and oxygen atoms in total. The molecule has 1 aromatic carbocycles. The average molecular weight is 358 g/mol. The number of rotatable bonds is 7. The van der Waals surface area contributed by atoms with E-state index < -0.39 is 12.1 Å². The summed E-state index contributed by atoms with van der Waals surface area (Å²) in [7, 11) is 0. The van der Waals surface area contributed by atoms with Gasteiger partial charge in [-0.15, -0.1) is 0 Å². The highest BCUT2D eigenvalue weighted by Gasteiger charge is 2.20. The molecule has 1 aliphatic rings. The molecule has 0 spiro atoms. The third kappa shape index (κ3) is 3.87. The number of hydrogen-bond acceptors (Lipinski definition) is 6. The first-order valence-electron chi connectivity index (χ1n) is 8.68. The number of ether oxygens (including phenoxy) is 1. The summed E-state index contributed by atoms with van der Waals surface area (Å²) < 4.78 is 11.0. The number of carboxylic acid groups (broad SMARTS) is 1. The number of aryl methyl sites for hydroxylation is 1. The minimum atomic E-state index is -1.15. The molecule has 1 aromatic heterocycles. The van der Waals surface area contributed by atoms with Crippen LogP contribution in [-0.2, 0) is 22.4 Å². The molecule has 138 valence electrons. The Morgan fingerprint density at radius 3 is 2.85 bits per heavy atom. The number of fused-ring (bicyclic) bond motifs is 3. The predicted octanol–water partition coefficient (Wildman–Crippen LogP) is 0.695. The fraction of sp³-hybridized carbons (Fsp3) is 0.421. The van der Waals surface area contributed by atoms with E-state index in [9.17, 15) is 19.5 Å². The minimum Gasteiger partial charge on any atom is -0.550 e. The molecular weight excluding hydrogens is 338 g/mol. The van der Waals surface area contributed by atoms with E-state index in [2.05, 4.69) is 5.32 Å². The van der Waals surface area contributed by atoms with Gasteiger partial charge in [0.05, 0.1) is 0 Å². The maximum absolute atomic E-state index is 12.0. The Morgan fingerprint density at radius 2 is 2.08 bits per heavy atom. The number of hydrogen-bond donors (Lipinski definition) is 1. The van der Waals surface area contributed by atoms with E-state index in [1.54, 1.807) is 19.1 Å². The highest BCUT2D eigenvalue weighted by Crippen LogP contribution is 2.29. The summed E-state index contributed by atoms with van der Waals surface area (Å²) in [6.45, 7) is 1.83. The van der Waals surface area contributed by atoms with Gasteiger partial charge in [0.1, 0.15) is 11.3 Å². The van der Waals surface area contributed by atoms with Crippen molar-refractivity contribution in [2.75, 3.05) is 6.54 Å². The van der Waals surface area contributed by atoms with Crippen LogP contribution in [0.1, 0.15) is 37.3 Å². The van der Waals surface area contributed by atoms with Gasteiger partial charge < -0.3 is 24.4 Å². The third-order valence-corrected chi connectivity index (χ3v) is 4.48. The van der Waals surface area contributed by atoms with Crippen molar-refractivity contribution in [1.82, 2.24) is 5.32 Å². The number of benzene rings is 1. The first-order chi connectivity index (χ1) is 12.5. The molecule has 1 atom stereocenters. The Hall–Kier alpha value is -2.83. The molecule has 26 heavy (non-hydrogen) atoms. The van der Waals surface area contributed by atoms with Gasteiger partial charge in [-0.25, -0.2) is 4.79 Å². The van der Waals surface area contributed by atoms with Crippen molar-refractivity contribution in [1.29, 1.82) is 0 Å². The molecule has 7 heteroatoms. The van der Waals surface area contributed by atoms with Gasteiger partial charge in [-0.2, -0.15) is 0 Å². The largest absolute Gasteiger partial charge is 0.550 e.